The highest BCUT2D eigenvalue weighted by Crippen LogP contribution is 2.31. The van der Waals surface area contributed by atoms with Gasteiger partial charge in [-0.3, -0.25) is 24.4 Å². The van der Waals surface area contributed by atoms with Crippen molar-refractivity contribution in [1.29, 1.82) is 0 Å². The molecule has 0 radical (unpaired) electrons. The molecule has 0 aliphatic carbocycles. The lowest BCUT2D eigenvalue weighted by Gasteiger charge is -2.18. The number of rotatable bonds is 6. The summed E-state index contributed by atoms with van der Waals surface area (Å²) < 4.78 is 22.1. The van der Waals surface area contributed by atoms with E-state index in [2.05, 4.69) is 5.10 Å². The van der Waals surface area contributed by atoms with Crippen molar-refractivity contribution >= 4 is 23.1 Å². The van der Waals surface area contributed by atoms with E-state index in [1.807, 2.05) is 26.8 Å². The zero-order chi connectivity index (χ0) is 25.6. The zero-order valence-corrected chi connectivity index (χ0v) is 20.5. The quantitative estimate of drug-likeness (QED) is 0.424. The second-order valence-corrected chi connectivity index (χ2v) is 9.31. The molecule has 2 aromatic heterocycles. The average molecular weight is 492 g/mol. The van der Waals surface area contributed by atoms with Crippen LogP contribution < -0.4 is 10.1 Å². The summed E-state index contributed by atoms with van der Waals surface area (Å²) in [6.45, 7) is 6.41. The standard InChI is InChI=1S/C27H27FN4O4/c1-4-21-22(26(34)32(29-21)19-9-7-18(28)8-10-19)23-24(30-13-16(2)12-17(3)14-30)27(35)31(25(23)33)15-20-6-5-11-36-20/h7-10,12-14,20H,4-6,11,15H2,1-3H3/p+1. The molecule has 186 valence electrons. The Hall–Kier alpha value is -3.85. The lowest BCUT2D eigenvalue weighted by atomic mass is 10.0. The van der Waals surface area contributed by atoms with E-state index in [1.54, 1.807) is 17.0 Å². The Balaban J connectivity index is 1.72. The van der Waals surface area contributed by atoms with Gasteiger partial charge in [0, 0.05) is 23.4 Å². The minimum atomic E-state index is -0.519. The van der Waals surface area contributed by atoms with Crippen molar-refractivity contribution in [3.05, 3.63) is 81.3 Å². The Morgan fingerprint density at radius 2 is 1.78 bits per heavy atom. The summed E-state index contributed by atoms with van der Waals surface area (Å²) in [5.74, 6) is -1.41. The third-order valence-electron chi connectivity index (χ3n) is 6.61. The van der Waals surface area contributed by atoms with Crippen molar-refractivity contribution in [3.8, 4) is 5.69 Å². The second-order valence-electron chi connectivity index (χ2n) is 9.31. The lowest BCUT2D eigenvalue weighted by molar-refractivity contribution is -0.577. The lowest BCUT2D eigenvalue weighted by Crippen LogP contribution is -2.42. The first-order valence-electron chi connectivity index (χ1n) is 12.1. The molecule has 3 aromatic rings. The van der Waals surface area contributed by atoms with Gasteiger partial charge in [0.15, 0.2) is 12.4 Å². The van der Waals surface area contributed by atoms with E-state index in [0.717, 1.165) is 24.0 Å². The van der Waals surface area contributed by atoms with E-state index < -0.39 is 23.2 Å². The maximum Gasteiger partial charge on any atom is 0.327 e. The molecule has 1 unspecified atom stereocenters. The number of pyridine rings is 1. The fourth-order valence-electron chi connectivity index (χ4n) is 4.99. The summed E-state index contributed by atoms with van der Waals surface area (Å²) in [7, 11) is 0. The maximum atomic E-state index is 13.8. The summed E-state index contributed by atoms with van der Waals surface area (Å²) in [5.41, 5.74) is 2.64. The molecule has 0 spiro atoms. The van der Waals surface area contributed by atoms with Crippen LogP contribution >= 0.6 is 0 Å². The van der Waals surface area contributed by atoms with Gasteiger partial charge in [-0.1, -0.05) is 6.92 Å². The van der Waals surface area contributed by atoms with Crippen LogP contribution in [0.25, 0.3) is 17.0 Å². The third kappa shape index (κ3) is 4.09. The fourth-order valence-corrected chi connectivity index (χ4v) is 4.99. The fraction of sp³-hybridized carbons (Fsp3) is 0.333. The Morgan fingerprint density at radius 1 is 1.08 bits per heavy atom. The normalized spacial score (nSPS) is 18.1. The van der Waals surface area contributed by atoms with Gasteiger partial charge in [-0.15, -0.1) is 0 Å². The number of ether oxygens (including phenoxy) is 1. The van der Waals surface area contributed by atoms with E-state index >= 15 is 0 Å². The molecule has 1 fully saturated rings. The second kappa shape index (κ2) is 9.31. The van der Waals surface area contributed by atoms with Crippen molar-refractivity contribution in [1.82, 2.24) is 14.7 Å². The number of amides is 2. The van der Waals surface area contributed by atoms with Crippen LogP contribution in [0.1, 0.15) is 42.1 Å². The van der Waals surface area contributed by atoms with Crippen LogP contribution in [0.3, 0.4) is 0 Å². The Kier molecular flexibility index (Phi) is 6.17. The van der Waals surface area contributed by atoms with Gasteiger partial charge in [-0.05, 0) is 63.4 Å². The van der Waals surface area contributed by atoms with E-state index in [0.29, 0.717) is 24.4 Å². The molecule has 36 heavy (non-hydrogen) atoms. The predicted molar refractivity (Wildman–Crippen MR) is 131 cm³/mol. The SMILES string of the molecule is CCc1[nH]n(-c2ccc(F)cc2)c(=O)c1C1=C([n+]2cc(C)cc(C)c2)C(=O)N(CC2CCCO2)C1=O. The first-order valence-corrected chi connectivity index (χ1v) is 12.1. The van der Waals surface area contributed by atoms with E-state index in [-0.39, 0.29) is 29.5 Å². The summed E-state index contributed by atoms with van der Waals surface area (Å²) >= 11 is 0. The van der Waals surface area contributed by atoms with Crippen LogP contribution in [-0.4, -0.2) is 45.8 Å². The number of H-pyrrole nitrogens is 1. The summed E-state index contributed by atoms with van der Waals surface area (Å²) in [5, 5.41) is 3.06. The van der Waals surface area contributed by atoms with Gasteiger partial charge in [0.25, 0.3) is 17.2 Å². The number of aryl methyl sites for hydroxylation is 3. The number of carbonyl (C=O) groups is 2. The maximum absolute atomic E-state index is 13.8. The highest BCUT2D eigenvalue weighted by Gasteiger charge is 2.48. The topological polar surface area (TPSA) is 88.3 Å². The van der Waals surface area contributed by atoms with Crippen LogP contribution in [-0.2, 0) is 20.7 Å². The van der Waals surface area contributed by atoms with Crippen molar-refractivity contribution in [2.24, 2.45) is 0 Å². The van der Waals surface area contributed by atoms with Crippen LogP contribution in [0.4, 0.5) is 4.39 Å². The molecular formula is C27H28FN4O4+. The molecule has 9 heteroatoms. The monoisotopic (exact) mass is 491 g/mol. The zero-order valence-electron chi connectivity index (χ0n) is 20.5. The van der Waals surface area contributed by atoms with Crippen molar-refractivity contribution < 1.29 is 23.3 Å². The van der Waals surface area contributed by atoms with Crippen molar-refractivity contribution in [2.75, 3.05) is 13.2 Å². The molecule has 2 aliphatic rings. The number of carbonyl (C=O) groups excluding carboxylic acids is 2. The smallest absolute Gasteiger partial charge is 0.327 e. The number of hydrogen-bond donors (Lipinski definition) is 1. The van der Waals surface area contributed by atoms with Gasteiger partial charge in [-0.25, -0.2) is 9.07 Å². The molecule has 2 amide bonds. The molecule has 1 N–H and O–H groups in total. The molecular weight excluding hydrogens is 463 g/mol. The molecule has 4 heterocycles. The number of benzene rings is 1. The summed E-state index contributed by atoms with van der Waals surface area (Å²) in [6.07, 6.45) is 5.38. The van der Waals surface area contributed by atoms with Crippen LogP contribution in [0.15, 0.2) is 47.5 Å². The minimum Gasteiger partial charge on any atom is -0.376 e. The molecule has 8 nitrogen and oxygen atoms in total. The molecule has 2 aliphatic heterocycles. The molecule has 1 saturated heterocycles. The highest BCUT2D eigenvalue weighted by atomic mass is 19.1. The van der Waals surface area contributed by atoms with Gasteiger partial charge in [-0.2, -0.15) is 4.57 Å². The van der Waals surface area contributed by atoms with Crippen molar-refractivity contribution in [3.63, 3.8) is 0 Å². The van der Waals surface area contributed by atoms with Gasteiger partial charge < -0.3 is 4.74 Å². The van der Waals surface area contributed by atoms with Crippen LogP contribution in [0.2, 0.25) is 0 Å². The number of aromatic nitrogens is 3. The van der Waals surface area contributed by atoms with Gasteiger partial charge in [0.05, 0.1) is 23.9 Å². The Morgan fingerprint density at radius 3 is 2.39 bits per heavy atom. The molecule has 1 atom stereocenters. The number of nitrogens with one attached hydrogen (secondary N) is 1. The summed E-state index contributed by atoms with van der Waals surface area (Å²) in [4.78, 5) is 42.5. The number of halogens is 1. The number of hydrogen-bond acceptors (Lipinski definition) is 4. The highest BCUT2D eigenvalue weighted by molar-refractivity contribution is 6.44. The minimum absolute atomic E-state index is 0.0620. The molecule has 1 aromatic carbocycles. The summed E-state index contributed by atoms with van der Waals surface area (Å²) in [6, 6.07) is 7.46. The van der Waals surface area contributed by atoms with E-state index in [4.69, 9.17) is 4.74 Å². The van der Waals surface area contributed by atoms with Crippen LogP contribution in [0, 0.1) is 19.7 Å². The number of nitrogens with zero attached hydrogens (tertiary/aromatic N) is 3. The predicted octanol–water partition coefficient (Wildman–Crippen LogP) is 2.69. The van der Waals surface area contributed by atoms with Crippen LogP contribution in [0.5, 0.6) is 0 Å². The molecule has 5 rings (SSSR count). The Bertz CT molecular complexity index is 1430. The van der Waals surface area contributed by atoms with Crippen molar-refractivity contribution in [2.45, 2.75) is 46.1 Å². The largest absolute Gasteiger partial charge is 0.376 e. The van der Waals surface area contributed by atoms with Gasteiger partial charge in [0.2, 0.25) is 0 Å². The first kappa shape index (κ1) is 23.9. The van der Waals surface area contributed by atoms with Gasteiger partial charge >= 0.3 is 5.91 Å². The first-order chi connectivity index (χ1) is 17.3. The van der Waals surface area contributed by atoms with Gasteiger partial charge in [0.1, 0.15) is 11.4 Å². The van der Waals surface area contributed by atoms with E-state index in [1.165, 1.54) is 33.8 Å². The third-order valence-corrected chi connectivity index (χ3v) is 6.61. The molecule has 0 bridgehead atoms. The Labute approximate surface area is 207 Å². The average Bonchev–Trinajstić information content (AvgIpc) is 3.53. The number of imide groups is 1. The van der Waals surface area contributed by atoms with E-state index in [9.17, 15) is 18.8 Å². The molecule has 0 saturated carbocycles. The number of aromatic amines is 1.